The standard InChI is InChI=1S/C20H23F3N2O3/c1-4-25(5-2)8-9-28-18-12-14(6-7-17(18)27-3)24-20(26)13-10-15(21)19(23)16(22)11-13/h6-7,10-12H,4-5,8-9H2,1-3H3,(H,24,26). The van der Waals surface area contributed by atoms with E-state index in [1.54, 1.807) is 18.2 Å². The zero-order valence-corrected chi connectivity index (χ0v) is 16.0. The normalized spacial score (nSPS) is 10.8. The minimum absolute atomic E-state index is 0.337. The number of methoxy groups -OCH3 is 1. The second-order valence-electron chi connectivity index (χ2n) is 5.95. The Balaban J connectivity index is 2.12. The third kappa shape index (κ3) is 5.39. The molecule has 0 spiro atoms. The van der Waals surface area contributed by atoms with Crippen LogP contribution in [0.4, 0.5) is 18.9 Å². The Morgan fingerprint density at radius 1 is 1.04 bits per heavy atom. The lowest BCUT2D eigenvalue weighted by Gasteiger charge is -2.19. The monoisotopic (exact) mass is 396 g/mol. The number of ether oxygens (including phenoxy) is 2. The fraction of sp³-hybridized carbons (Fsp3) is 0.350. The molecule has 1 amide bonds. The van der Waals surface area contributed by atoms with E-state index in [1.807, 2.05) is 0 Å². The Morgan fingerprint density at radius 2 is 1.68 bits per heavy atom. The van der Waals surface area contributed by atoms with Crippen LogP contribution in [0.2, 0.25) is 0 Å². The third-order valence-electron chi connectivity index (χ3n) is 4.23. The number of rotatable bonds is 9. The summed E-state index contributed by atoms with van der Waals surface area (Å²) in [4.78, 5) is 14.4. The molecule has 0 aliphatic rings. The molecule has 0 aliphatic heterocycles. The molecular formula is C20H23F3N2O3. The van der Waals surface area contributed by atoms with Crippen LogP contribution >= 0.6 is 0 Å². The van der Waals surface area contributed by atoms with Crippen LogP contribution in [0.1, 0.15) is 24.2 Å². The van der Waals surface area contributed by atoms with E-state index in [1.165, 1.54) is 7.11 Å². The molecule has 28 heavy (non-hydrogen) atoms. The molecule has 5 nitrogen and oxygen atoms in total. The number of carbonyl (C=O) groups excluding carboxylic acids is 1. The number of benzene rings is 2. The Morgan fingerprint density at radius 3 is 2.25 bits per heavy atom. The molecule has 0 fully saturated rings. The second kappa shape index (κ2) is 9.98. The third-order valence-corrected chi connectivity index (χ3v) is 4.23. The summed E-state index contributed by atoms with van der Waals surface area (Å²) in [6, 6.07) is 5.99. The van der Waals surface area contributed by atoms with Crippen LogP contribution in [0.15, 0.2) is 30.3 Å². The van der Waals surface area contributed by atoms with Crippen LogP contribution in [-0.4, -0.2) is 44.2 Å². The van der Waals surface area contributed by atoms with E-state index in [9.17, 15) is 18.0 Å². The van der Waals surface area contributed by atoms with Crippen molar-refractivity contribution in [3.63, 3.8) is 0 Å². The maximum absolute atomic E-state index is 13.3. The molecule has 2 rings (SSSR count). The van der Waals surface area contributed by atoms with Crippen molar-refractivity contribution in [2.75, 3.05) is 38.7 Å². The lowest BCUT2D eigenvalue weighted by Crippen LogP contribution is -2.28. The first-order chi connectivity index (χ1) is 13.4. The summed E-state index contributed by atoms with van der Waals surface area (Å²) in [6.07, 6.45) is 0. The van der Waals surface area contributed by atoms with Gasteiger partial charge in [0.05, 0.1) is 7.11 Å². The first-order valence-electron chi connectivity index (χ1n) is 8.88. The highest BCUT2D eigenvalue weighted by molar-refractivity contribution is 6.04. The Bertz CT molecular complexity index is 803. The molecule has 0 heterocycles. The van der Waals surface area contributed by atoms with E-state index in [0.29, 0.717) is 35.9 Å². The van der Waals surface area contributed by atoms with Gasteiger partial charge in [0.2, 0.25) is 0 Å². The second-order valence-corrected chi connectivity index (χ2v) is 5.95. The van der Waals surface area contributed by atoms with Crippen LogP contribution in [0.5, 0.6) is 11.5 Å². The van der Waals surface area contributed by atoms with Crippen molar-refractivity contribution >= 4 is 11.6 Å². The molecule has 0 unspecified atom stereocenters. The van der Waals surface area contributed by atoms with E-state index in [0.717, 1.165) is 19.6 Å². The first kappa shape index (κ1) is 21.6. The average Bonchev–Trinajstić information content (AvgIpc) is 2.69. The summed E-state index contributed by atoms with van der Waals surface area (Å²) < 4.78 is 50.7. The van der Waals surface area contributed by atoms with Crippen molar-refractivity contribution in [1.29, 1.82) is 0 Å². The van der Waals surface area contributed by atoms with Gasteiger partial charge in [-0.2, -0.15) is 0 Å². The number of halogens is 3. The predicted octanol–water partition coefficient (Wildman–Crippen LogP) is 4.09. The zero-order valence-electron chi connectivity index (χ0n) is 16.0. The number of likely N-dealkylation sites (N-methyl/N-ethyl adjacent to an activating group) is 1. The summed E-state index contributed by atoms with van der Waals surface area (Å²) in [5.74, 6) is -4.36. The smallest absolute Gasteiger partial charge is 0.255 e. The van der Waals surface area contributed by atoms with E-state index >= 15 is 0 Å². The van der Waals surface area contributed by atoms with Gasteiger partial charge in [-0.1, -0.05) is 13.8 Å². The van der Waals surface area contributed by atoms with Gasteiger partial charge in [0.25, 0.3) is 5.91 Å². The molecule has 0 saturated carbocycles. The number of anilines is 1. The average molecular weight is 396 g/mol. The topological polar surface area (TPSA) is 50.8 Å². The molecular weight excluding hydrogens is 373 g/mol. The number of nitrogens with one attached hydrogen (secondary N) is 1. The van der Waals surface area contributed by atoms with Crippen molar-refractivity contribution in [1.82, 2.24) is 4.90 Å². The predicted molar refractivity (Wildman–Crippen MR) is 101 cm³/mol. The maximum atomic E-state index is 13.3. The molecule has 152 valence electrons. The van der Waals surface area contributed by atoms with Gasteiger partial charge in [-0.15, -0.1) is 0 Å². The Labute approximate surface area is 162 Å². The molecule has 1 N–H and O–H groups in total. The van der Waals surface area contributed by atoms with Crippen molar-refractivity contribution in [2.45, 2.75) is 13.8 Å². The lowest BCUT2D eigenvalue weighted by molar-refractivity contribution is 0.102. The Hall–Kier alpha value is -2.74. The lowest BCUT2D eigenvalue weighted by atomic mass is 10.2. The summed E-state index contributed by atoms with van der Waals surface area (Å²) in [6.45, 7) is 7.06. The minimum atomic E-state index is -1.62. The zero-order chi connectivity index (χ0) is 20.7. The maximum Gasteiger partial charge on any atom is 0.255 e. The minimum Gasteiger partial charge on any atom is -0.493 e. The summed E-state index contributed by atoms with van der Waals surface area (Å²) in [5, 5.41) is 2.50. The van der Waals surface area contributed by atoms with Gasteiger partial charge in [0, 0.05) is 23.9 Å². The number of nitrogens with zero attached hydrogens (tertiary/aromatic N) is 1. The highest BCUT2D eigenvalue weighted by atomic mass is 19.2. The highest BCUT2D eigenvalue weighted by Crippen LogP contribution is 2.30. The van der Waals surface area contributed by atoms with Gasteiger partial charge in [-0.3, -0.25) is 4.79 Å². The van der Waals surface area contributed by atoms with Gasteiger partial charge in [0.1, 0.15) is 6.61 Å². The summed E-state index contributed by atoms with van der Waals surface area (Å²) in [5.41, 5.74) is 0.00463. The molecule has 0 bridgehead atoms. The van der Waals surface area contributed by atoms with E-state index in [-0.39, 0.29) is 5.56 Å². The SMILES string of the molecule is CCN(CC)CCOc1cc(NC(=O)c2cc(F)c(F)c(F)c2)ccc1OC. The highest BCUT2D eigenvalue weighted by Gasteiger charge is 2.16. The first-order valence-corrected chi connectivity index (χ1v) is 8.88. The molecule has 2 aromatic rings. The summed E-state index contributed by atoms with van der Waals surface area (Å²) >= 11 is 0. The molecule has 0 radical (unpaired) electrons. The molecule has 0 saturated heterocycles. The molecule has 0 aromatic heterocycles. The Kier molecular flexibility index (Phi) is 7.69. The van der Waals surface area contributed by atoms with Crippen molar-refractivity contribution in [3.05, 3.63) is 53.3 Å². The van der Waals surface area contributed by atoms with Crippen LogP contribution in [-0.2, 0) is 0 Å². The van der Waals surface area contributed by atoms with Gasteiger partial charge >= 0.3 is 0 Å². The van der Waals surface area contributed by atoms with E-state index in [4.69, 9.17) is 9.47 Å². The van der Waals surface area contributed by atoms with Gasteiger partial charge in [0.15, 0.2) is 29.0 Å². The van der Waals surface area contributed by atoms with Gasteiger partial charge in [-0.25, -0.2) is 13.2 Å². The van der Waals surface area contributed by atoms with Crippen molar-refractivity contribution < 1.29 is 27.4 Å². The van der Waals surface area contributed by atoms with Crippen LogP contribution in [0.3, 0.4) is 0 Å². The molecule has 2 aromatic carbocycles. The largest absolute Gasteiger partial charge is 0.493 e. The quantitative estimate of drug-likeness (QED) is 0.649. The van der Waals surface area contributed by atoms with Gasteiger partial charge in [-0.05, 0) is 37.4 Å². The van der Waals surface area contributed by atoms with Gasteiger partial charge < -0.3 is 19.7 Å². The van der Waals surface area contributed by atoms with Crippen LogP contribution < -0.4 is 14.8 Å². The molecule has 8 heteroatoms. The number of hydrogen-bond acceptors (Lipinski definition) is 4. The van der Waals surface area contributed by atoms with E-state index < -0.39 is 23.4 Å². The van der Waals surface area contributed by atoms with Crippen molar-refractivity contribution in [2.24, 2.45) is 0 Å². The fourth-order valence-corrected chi connectivity index (χ4v) is 2.58. The molecule has 0 aliphatic carbocycles. The van der Waals surface area contributed by atoms with Crippen LogP contribution in [0.25, 0.3) is 0 Å². The number of amides is 1. The molecule has 0 atom stereocenters. The summed E-state index contributed by atoms with van der Waals surface area (Å²) in [7, 11) is 1.49. The number of hydrogen-bond donors (Lipinski definition) is 1. The number of carbonyl (C=O) groups is 1. The van der Waals surface area contributed by atoms with Crippen molar-refractivity contribution in [3.8, 4) is 11.5 Å². The fourth-order valence-electron chi connectivity index (χ4n) is 2.58. The van der Waals surface area contributed by atoms with Crippen LogP contribution in [0, 0.1) is 17.5 Å². The van der Waals surface area contributed by atoms with E-state index in [2.05, 4.69) is 24.1 Å².